The molecule has 0 spiro atoms. The summed E-state index contributed by atoms with van der Waals surface area (Å²) in [6, 6.07) is 9.49. The number of hydrogen-bond donors (Lipinski definition) is 2. The predicted octanol–water partition coefficient (Wildman–Crippen LogP) is 1.74. The van der Waals surface area contributed by atoms with Crippen molar-refractivity contribution in [2.45, 2.75) is 13.5 Å². The van der Waals surface area contributed by atoms with Gasteiger partial charge in [-0.1, -0.05) is 30.3 Å². The number of alkyl carbamates (subject to hydrolysis) is 1. The average molecular weight is 330 g/mol. The molecule has 2 N–H and O–H groups in total. The molecule has 0 fully saturated rings. The number of ether oxygens (including phenoxy) is 2. The number of hydrogen-bond acceptors (Lipinski definition) is 6. The van der Waals surface area contributed by atoms with Gasteiger partial charge in [0.2, 0.25) is 5.91 Å². The second-order valence-electron chi connectivity index (χ2n) is 4.65. The van der Waals surface area contributed by atoms with Gasteiger partial charge in [0.1, 0.15) is 13.2 Å². The third-order valence-corrected chi connectivity index (χ3v) is 2.79. The SMILES string of the molecule is CCOc1ncc(NC(=O)CNC(=O)OCc2ccccc2)cn1. The number of nitrogens with one attached hydrogen (secondary N) is 2. The number of anilines is 1. The molecule has 0 aliphatic rings. The highest BCUT2D eigenvalue weighted by Crippen LogP contribution is 2.06. The Hall–Kier alpha value is -3.16. The summed E-state index contributed by atoms with van der Waals surface area (Å²) in [6.07, 6.45) is 2.17. The standard InChI is InChI=1S/C16H18N4O4/c1-2-23-15-17-8-13(9-18-15)20-14(21)10-19-16(22)24-11-12-6-4-3-5-7-12/h3-9H,2,10-11H2,1H3,(H,19,22)(H,20,21). The van der Waals surface area contributed by atoms with E-state index in [1.807, 2.05) is 37.3 Å². The molecule has 0 bridgehead atoms. The molecule has 0 unspecified atom stereocenters. The molecule has 1 heterocycles. The van der Waals surface area contributed by atoms with Crippen molar-refractivity contribution in [1.82, 2.24) is 15.3 Å². The van der Waals surface area contributed by atoms with Crippen LogP contribution in [0.4, 0.5) is 10.5 Å². The van der Waals surface area contributed by atoms with E-state index >= 15 is 0 Å². The smallest absolute Gasteiger partial charge is 0.407 e. The van der Waals surface area contributed by atoms with Gasteiger partial charge in [-0.05, 0) is 12.5 Å². The van der Waals surface area contributed by atoms with Crippen LogP contribution < -0.4 is 15.4 Å². The molecule has 0 saturated heterocycles. The van der Waals surface area contributed by atoms with E-state index < -0.39 is 12.0 Å². The van der Waals surface area contributed by atoms with Gasteiger partial charge in [-0.3, -0.25) is 4.79 Å². The lowest BCUT2D eigenvalue weighted by Crippen LogP contribution is -2.33. The van der Waals surface area contributed by atoms with Crippen LogP contribution in [0.15, 0.2) is 42.7 Å². The Labute approximate surface area is 139 Å². The third-order valence-electron chi connectivity index (χ3n) is 2.79. The minimum absolute atomic E-state index is 0.140. The van der Waals surface area contributed by atoms with Gasteiger partial charge in [0.15, 0.2) is 0 Å². The van der Waals surface area contributed by atoms with Gasteiger partial charge in [-0.25, -0.2) is 14.8 Å². The average Bonchev–Trinajstić information content (AvgIpc) is 2.61. The number of aromatic nitrogens is 2. The lowest BCUT2D eigenvalue weighted by Gasteiger charge is -2.08. The maximum Gasteiger partial charge on any atom is 0.407 e. The normalized spacial score (nSPS) is 9.88. The first kappa shape index (κ1) is 17.2. The van der Waals surface area contributed by atoms with E-state index in [1.165, 1.54) is 12.4 Å². The van der Waals surface area contributed by atoms with E-state index in [-0.39, 0.29) is 19.2 Å². The molecule has 0 atom stereocenters. The number of rotatable bonds is 7. The van der Waals surface area contributed by atoms with Gasteiger partial charge in [-0.15, -0.1) is 0 Å². The molecule has 0 aliphatic carbocycles. The van der Waals surface area contributed by atoms with Gasteiger partial charge in [0.05, 0.1) is 24.7 Å². The number of amides is 2. The van der Waals surface area contributed by atoms with Gasteiger partial charge < -0.3 is 20.1 Å². The zero-order chi connectivity index (χ0) is 17.2. The quantitative estimate of drug-likeness (QED) is 0.801. The second kappa shape index (κ2) is 9.09. The van der Waals surface area contributed by atoms with E-state index in [4.69, 9.17) is 9.47 Å². The molecule has 1 aromatic heterocycles. The summed E-state index contributed by atoms with van der Waals surface area (Å²) < 4.78 is 10.1. The summed E-state index contributed by atoms with van der Waals surface area (Å²) in [5.74, 6) is -0.417. The van der Waals surface area contributed by atoms with Gasteiger partial charge >= 0.3 is 12.1 Å². The van der Waals surface area contributed by atoms with E-state index in [0.29, 0.717) is 12.3 Å². The fourth-order valence-electron chi connectivity index (χ4n) is 1.72. The summed E-state index contributed by atoms with van der Waals surface area (Å²) in [5, 5.41) is 4.92. The van der Waals surface area contributed by atoms with E-state index in [9.17, 15) is 9.59 Å². The Bertz CT molecular complexity index is 662. The molecular weight excluding hydrogens is 312 g/mol. The summed E-state index contributed by atoms with van der Waals surface area (Å²) in [4.78, 5) is 31.1. The van der Waals surface area contributed by atoms with Crippen molar-refractivity contribution in [3.63, 3.8) is 0 Å². The molecular formula is C16H18N4O4. The van der Waals surface area contributed by atoms with E-state index in [0.717, 1.165) is 5.56 Å². The largest absolute Gasteiger partial charge is 0.464 e. The Kier molecular flexibility index (Phi) is 6.51. The van der Waals surface area contributed by atoms with Crippen molar-refractivity contribution in [3.05, 3.63) is 48.3 Å². The summed E-state index contributed by atoms with van der Waals surface area (Å²) in [6.45, 7) is 2.20. The summed E-state index contributed by atoms with van der Waals surface area (Å²) in [7, 11) is 0. The highest BCUT2D eigenvalue weighted by atomic mass is 16.5. The maximum atomic E-state index is 11.7. The molecule has 1 aromatic carbocycles. The van der Waals surface area contributed by atoms with Crippen LogP contribution in [-0.2, 0) is 16.1 Å². The molecule has 2 rings (SSSR count). The first-order valence-corrected chi connectivity index (χ1v) is 7.36. The van der Waals surface area contributed by atoms with Crippen molar-refractivity contribution in [2.75, 3.05) is 18.5 Å². The van der Waals surface area contributed by atoms with Gasteiger partial charge in [0.25, 0.3) is 0 Å². The Balaban J connectivity index is 1.69. The van der Waals surface area contributed by atoms with Crippen molar-refractivity contribution < 1.29 is 19.1 Å². The first-order valence-electron chi connectivity index (χ1n) is 7.36. The fraction of sp³-hybridized carbons (Fsp3) is 0.250. The minimum atomic E-state index is -0.669. The minimum Gasteiger partial charge on any atom is -0.464 e. The van der Waals surface area contributed by atoms with Crippen LogP contribution in [0, 0.1) is 0 Å². The fourth-order valence-corrected chi connectivity index (χ4v) is 1.72. The van der Waals surface area contributed by atoms with Crippen LogP contribution in [0.1, 0.15) is 12.5 Å². The van der Waals surface area contributed by atoms with Crippen molar-refractivity contribution in [3.8, 4) is 6.01 Å². The molecule has 0 aliphatic heterocycles. The summed E-state index contributed by atoms with van der Waals surface area (Å²) >= 11 is 0. The Morgan fingerprint density at radius 3 is 2.50 bits per heavy atom. The van der Waals surface area contributed by atoms with Crippen molar-refractivity contribution in [1.29, 1.82) is 0 Å². The molecule has 0 radical (unpaired) electrons. The van der Waals surface area contributed by atoms with Crippen molar-refractivity contribution in [2.24, 2.45) is 0 Å². The van der Waals surface area contributed by atoms with Crippen LogP contribution in [0.3, 0.4) is 0 Å². The van der Waals surface area contributed by atoms with Gasteiger partial charge in [0, 0.05) is 0 Å². The number of carbonyl (C=O) groups is 2. The third kappa shape index (κ3) is 5.91. The van der Waals surface area contributed by atoms with Crippen LogP contribution in [0.2, 0.25) is 0 Å². The molecule has 126 valence electrons. The van der Waals surface area contributed by atoms with E-state index in [2.05, 4.69) is 20.6 Å². The number of carbonyl (C=O) groups excluding carboxylic acids is 2. The molecule has 8 heteroatoms. The predicted molar refractivity (Wildman–Crippen MR) is 86.5 cm³/mol. The number of nitrogens with zero attached hydrogens (tertiary/aromatic N) is 2. The highest BCUT2D eigenvalue weighted by Gasteiger charge is 2.08. The molecule has 2 aromatic rings. The Morgan fingerprint density at radius 1 is 1.12 bits per heavy atom. The lowest BCUT2D eigenvalue weighted by molar-refractivity contribution is -0.115. The van der Waals surface area contributed by atoms with Gasteiger partial charge in [-0.2, -0.15) is 0 Å². The molecule has 24 heavy (non-hydrogen) atoms. The second-order valence-corrected chi connectivity index (χ2v) is 4.65. The van der Waals surface area contributed by atoms with Crippen LogP contribution in [0.25, 0.3) is 0 Å². The van der Waals surface area contributed by atoms with Crippen LogP contribution in [-0.4, -0.2) is 35.1 Å². The Morgan fingerprint density at radius 2 is 1.83 bits per heavy atom. The monoisotopic (exact) mass is 330 g/mol. The number of benzene rings is 1. The maximum absolute atomic E-state index is 11.7. The summed E-state index contributed by atoms with van der Waals surface area (Å²) in [5.41, 5.74) is 1.27. The van der Waals surface area contributed by atoms with Crippen LogP contribution >= 0.6 is 0 Å². The lowest BCUT2D eigenvalue weighted by atomic mass is 10.2. The zero-order valence-corrected chi connectivity index (χ0v) is 13.2. The highest BCUT2D eigenvalue weighted by molar-refractivity contribution is 5.93. The topological polar surface area (TPSA) is 102 Å². The molecule has 8 nitrogen and oxygen atoms in total. The van der Waals surface area contributed by atoms with Crippen LogP contribution in [0.5, 0.6) is 6.01 Å². The zero-order valence-electron chi connectivity index (χ0n) is 13.2. The molecule has 2 amide bonds. The van der Waals surface area contributed by atoms with E-state index in [1.54, 1.807) is 0 Å². The molecule has 0 saturated carbocycles. The van der Waals surface area contributed by atoms with Crippen molar-refractivity contribution >= 4 is 17.7 Å². The first-order chi connectivity index (χ1) is 11.7.